The number of nitrogens with one attached hydrogen (secondary N) is 2. The van der Waals surface area contributed by atoms with Crippen molar-refractivity contribution in [3.05, 3.63) is 78.1 Å². The van der Waals surface area contributed by atoms with Crippen LogP contribution >= 0.6 is 0 Å². The van der Waals surface area contributed by atoms with E-state index in [2.05, 4.69) is 20.8 Å². The molecule has 0 saturated heterocycles. The molecule has 0 saturated carbocycles. The fraction of sp³-hybridized carbons (Fsp3) is 0. The van der Waals surface area contributed by atoms with Gasteiger partial charge in [0, 0.05) is 11.3 Å². The fourth-order valence-electron chi connectivity index (χ4n) is 1.95. The van der Waals surface area contributed by atoms with E-state index < -0.39 is 11.7 Å². The lowest BCUT2D eigenvalue weighted by Gasteiger charge is -2.06. The Kier molecular flexibility index (Phi) is 4.24. The van der Waals surface area contributed by atoms with Gasteiger partial charge in [-0.05, 0) is 42.5 Å². The standard InChI is InChI=1S/C17H13FN4O/c18-13-6-4-5-12(11-13)17(23)20-16-10-9-15(21-22-16)19-14-7-2-1-3-8-14/h1-11H,(H,19,21)(H,20,22,23). The van der Waals surface area contributed by atoms with Gasteiger partial charge in [-0.1, -0.05) is 24.3 Å². The van der Waals surface area contributed by atoms with Gasteiger partial charge in [0.2, 0.25) is 0 Å². The van der Waals surface area contributed by atoms with E-state index in [4.69, 9.17) is 0 Å². The van der Waals surface area contributed by atoms with Crippen LogP contribution in [0.1, 0.15) is 10.4 Å². The number of benzene rings is 2. The summed E-state index contributed by atoms with van der Waals surface area (Å²) in [5.41, 5.74) is 1.11. The molecule has 2 N–H and O–H groups in total. The molecule has 0 aliphatic carbocycles. The summed E-state index contributed by atoms with van der Waals surface area (Å²) in [5, 5.41) is 13.6. The number of hydrogen-bond acceptors (Lipinski definition) is 4. The largest absolute Gasteiger partial charge is 0.339 e. The van der Waals surface area contributed by atoms with E-state index in [0.29, 0.717) is 5.82 Å². The molecule has 1 amide bonds. The molecule has 0 aliphatic rings. The van der Waals surface area contributed by atoms with Crippen molar-refractivity contribution in [2.24, 2.45) is 0 Å². The van der Waals surface area contributed by atoms with Gasteiger partial charge in [-0.15, -0.1) is 10.2 Å². The molecule has 2 aromatic carbocycles. The van der Waals surface area contributed by atoms with E-state index in [1.54, 1.807) is 12.1 Å². The van der Waals surface area contributed by atoms with E-state index in [0.717, 1.165) is 11.8 Å². The molecule has 3 aromatic rings. The summed E-state index contributed by atoms with van der Waals surface area (Å²) in [7, 11) is 0. The second-order valence-electron chi connectivity index (χ2n) is 4.76. The molecule has 114 valence electrons. The first-order valence-electron chi connectivity index (χ1n) is 6.93. The number of halogens is 1. The maximum Gasteiger partial charge on any atom is 0.256 e. The number of anilines is 3. The summed E-state index contributed by atoms with van der Waals surface area (Å²) in [6.45, 7) is 0. The highest BCUT2D eigenvalue weighted by molar-refractivity contribution is 6.03. The van der Waals surface area contributed by atoms with Gasteiger partial charge in [-0.25, -0.2) is 4.39 Å². The lowest BCUT2D eigenvalue weighted by atomic mass is 10.2. The van der Waals surface area contributed by atoms with Crippen molar-refractivity contribution < 1.29 is 9.18 Å². The van der Waals surface area contributed by atoms with Crippen molar-refractivity contribution in [2.45, 2.75) is 0 Å². The average Bonchev–Trinajstić information content (AvgIpc) is 2.57. The summed E-state index contributed by atoms with van der Waals surface area (Å²) in [5.74, 6) is -0.0634. The van der Waals surface area contributed by atoms with Gasteiger partial charge < -0.3 is 10.6 Å². The number of carbonyl (C=O) groups is 1. The third-order valence-electron chi connectivity index (χ3n) is 3.04. The monoisotopic (exact) mass is 308 g/mol. The summed E-state index contributed by atoms with van der Waals surface area (Å²) < 4.78 is 13.1. The van der Waals surface area contributed by atoms with Crippen LogP contribution in [-0.2, 0) is 0 Å². The lowest BCUT2D eigenvalue weighted by molar-refractivity contribution is 0.102. The van der Waals surface area contributed by atoms with Crippen LogP contribution in [-0.4, -0.2) is 16.1 Å². The third-order valence-corrected chi connectivity index (χ3v) is 3.04. The Morgan fingerprint density at radius 1 is 0.870 bits per heavy atom. The number of hydrogen-bond donors (Lipinski definition) is 2. The SMILES string of the molecule is O=C(Nc1ccc(Nc2ccccc2)nn1)c1cccc(F)c1. The Morgan fingerprint density at radius 3 is 2.30 bits per heavy atom. The van der Waals surface area contributed by atoms with Crippen LogP contribution in [0.25, 0.3) is 0 Å². The normalized spacial score (nSPS) is 10.1. The molecule has 0 fully saturated rings. The number of nitrogens with zero attached hydrogens (tertiary/aromatic N) is 2. The van der Waals surface area contributed by atoms with Crippen LogP contribution in [0.15, 0.2) is 66.7 Å². The molecule has 0 spiro atoms. The Balaban J connectivity index is 1.67. The Morgan fingerprint density at radius 2 is 1.61 bits per heavy atom. The smallest absolute Gasteiger partial charge is 0.256 e. The maximum atomic E-state index is 13.1. The number of rotatable bonds is 4. The quantitative estimate of drug-likeness (QED) is 0.772. The van der Waals surface area contributed by atoms with Gasteiger partial charge in [-0.3, -0.25) is 4.79 Å². The highest BCUT2D eigenvalue weighted by Gasteiger charge is 2.08. The second kappa shape index (κ2) is 6.65. The Bertz CT molecular complexity index is 806. The van der Waals surface area contributed by atoms with Crippen molar-refractivity contribution in [3.8, 4) is 0 Å². The van der Waals surface area contributed by atoms with E-state index in [1.165, 1.54) is 18.2 Å². The number of amides is 1. The number of aromatic nitrogens is 2. The molecule has 0 atom stereocenters. The molecule has 0 radical (unpaired) electrons. The van der Waals surface area contributed by atoms with Gasteiger partial charge in [0.15, 0.2) is 11.6 Å². The Labute approximate surface area is 132 Å². The third kappa shape index (κ3) is 3.88. The van der Waals surface area contributed by atoms with E-state index in [9.17, 15) is 9.18 Å². The van der Waals surface area contributed by atoms with E-state index in [-0.39, 0.29) is 11.4 Å². The van der Waals surface area contributed by atoms with Crippen LogP contribution in [0, 0.1) is 5.82 Å². The molecule has 0 bridgehead atoms. The molecule has 0 unspecified atom stereocenters. The van der Waals surface area contributed by atoms with Gasteiger partial charge in [0.05, 0.1) is 0 Å². The summed E-state index contributed by atoms with van der Waals surface area (Å²) >= 11 is 0. The Hall–Kier alpha value is -3.28. The molecule has 1 heterocycles. The molecular weight excluding hydrogens is 295 g/mol. The zero-order valence-electron chi connectivity index (χ0n) is 12.0. The van der Waals surface area contributed by atoms with Crippen LogP contribution < -0.4 is 10.6 Å². The van der Waals surface area contributed by atoms with Crippen LogP contribution in [0.3, 0.4) is 0 Å². The van der Waals surface area contributed by atoms with E-state index >= 15 is 0 Å². The minimum absolute atomic E-state index is 0.221. The summed E-state index contributed by atoms with van der Waals surface area (Å²) in [6, 6.07) is 18.3. The molecule has 0 aliphatic heterocycles. The van der Waals surface area contributed by atoms with E-state index in [1.807, 2.05) is 30.3 Å². The molecule has 23 heavy (non-hydrogen) atoms. The topological polar surface area (TPSA) is 66.9 Å². The molecule has 3 rings (SSSR count). The van der Waals surface area contributed by atoms with Crippen LogP contribution in [0.2, 0.25) is 0 Å². The summed E-state index contributed by atoms with van der Waals surface area (Å²) in [4.78, 5) is 12.0. The first-order chi connectivity index (χ1) is 11.2. The van der Waals surface area contributed by atoms with Crippen LogP contribution in [0.5, 0.6) is 0 Å². The van der Waals surface area contributed by atoms with Gasteiger partial charge in [-0.2, -0.15) is 0 Å². The average molecular weight is 308 g/mol. The van der Waals surface area contributed by atoms with Gasteiger partial charge >= 0.3 is 0 Å². The highest BCUT2D eigenvalue weighted by Crippen LogP contribution is 2.14. The summed E-state index contributed by atoms with van der Waals surface area (Å²) in [6.07, 6.45) is 0. The second-order valence-corrected chi connectivity index (χ2v) is 4.76. The minimum atomic E-state index is -0.467. The highest BCUT2D eigenvalue weighted by atomic mass is 19.1. The predicted octanol–water partition coefficient (Wildman–Crippen LogP) is 3.61. The molecule has 5 nitrogen and oxygen atoms in total. The molecular formula is C17H13FN4O. The maximum absolute atomic E-state index is 13.1. The molecule has 1 aromatic heterocycles. The first kappa shape index (κ1) is 14.6. The number of para-hydroxylation sites is 1. The van der Waals surface area contributed by atoms with Crippen molar-refractivity contribution in [2.75, 3.05) is 10.6 Å². The van der Waals surface area contributed by atoms with Crippen molar-refractivity contribution >= 4 is 23.2 Å². The minimum Gasteiger partial charge on any atom is -0.339 e. The van der Waals surface area contributed by atoms with Crippen molar-refractivity contribution in [3.63, 3.8) is 0 Å². The van der Waals surface area contributed by atoms with Crippen LogP contribution in [0.4, 0.5) is 21.7 Å². The fourth-order valence-corrected chi connectivity index (χ4v) is 1.95. The predicted molar refractivity (Wildman–Crippen MR) is 86.1 cm³/mol. The molecule has 6 heteroatoms. The zero-order valence-corrected chi connectivity index (χ0v) is 12.0. The number of carbonyl (C=O) groups excluding carboxylic acids is 1. The van der Waals surface area contributed by atoms with Gasteiger partial charge in [0.1, 0.15) is 5.82 Å². The lowest BCUT2D eigenvalue weighted by Crippen LogP contribution is -2.13. The van der Waals surface area contributed by atoms with Crippen molar-refractivity contribution in [1.82, 2.24) is 10.2 Å². The van der Waals surface area contributed by atoms with Gasteiger partial charge in [0.25, 0.3) is 5.91 Å². The first-order valence-corrected chi connectivity index (χ1v) is 6.93. The van der Waals surface area contributed by atoms with Crippen molar-refractivity contribution in [1.29, 1.82) is 0 Å². The zero-order chi connectivity index (χ0) is 16.1.